The van der Waals surface area contributed by atoms with Crippen molar-refractivity contribution in [1.82, 2.24) is 10.0 Å². The molecule has 2 aromatic carbocycles. The van der Waals surface area contributed by atoms with Gasteiger partial charge in [0.2, 0.25) is 15.9 Å². The van der Waals surface area contributed by atoms with Crippen molar-refractivity contribution in [2.24, 2.45) is 0 Å². The summed E-state index contributed by atoms with van der Waals surface area (Å²) in [6, 6.07) is 13.0. The second-order valence-corrected chi connectivity index (χ2v) is 8.04. The smallest absolute Gasteiger partial charge is 0.251 e. The molecule has 0 aliphatic rings. The molecule has 0 radical (unpaired) electrons. The minimum absolute atomic E-state index is 0.0561. The predicted octanol–water partition coefficient (Wildman–Crippen LogP) is 2.05. The molecule has 0 saturated heterocycles. The molecule has 0 aliphatic carbocycles. The van der Waals surface area contributed by atoms with E-state index in [0.29, 0.717) is 16.8 Å². The average molecular weight is 389 g/mol. The number of amides is 2. The number of carbonyl (C=O) groups is 2. The van der Waals surface area contributed by atoms with Gasteiger partial charge in [-0.2, -0.15) is 0 Å². The van der Waals surface area contributed by atoms with Crippen molar-refractivity contribution in [2.75, 3.05) is 12.4 Å². The molecule has 7 nitrogen and oxygen atoms in total. The lowest BCUT2D eigenvalue weighted by atomic mass is 10.1. The third kappa shape index (κ3) is 5.63. The summed E-state index contributed by atoms with van der Waals surface area (Å²) < 4.78 is 26.3. The van der Waals surface area contributed by atoms with Gasteiger partial charge in [0.1, 0.15) is 0 Å². The normalized spacial score (nSPS) is 12.3. The molecule has 0 heterocycles. The minimum atomic E-state index is -3.62. The zero-order chi connectivity index (χ0) is 20.0. The molecule has 3 N–H and O–H groups in total. The van der Waals surface area contributed by atoms with Gasteiger partial charge in [0.05, 0.1) is 4.90 Å². The lowest BCUT2D eigenvalue weighted by molar-refractivity contribution is -0.116. The van der Waals surface area contributed by atoms with E-state index in [4.69, 9.17) is 0 Å². The van der Waals surface area contributed by atoms with Crippen LogP contribution in [0.5, 0.6) is 0 Å². The second kappa shape index (κ2) is 8.79. The van der Waals surface area contributed by atoms with Crippen LogP contribution in [0.4, 0.5) is 5.69 Å². The number of hydrogen-bond donors (Lipinski definition) is 3. The summed E-state index contributed by atoms with van der Waals surface area (Å²) >= 11 is 0. The first-order valence-electron chi connectivity index (χ1n) is 8.43. The highest BCUT2D eigenvalue weighted by molar-refractivity contribution is 7.89. The summed E-state index contributed by atoms with van der Waals surface area (Å²) in [5.74, 6) is -0.582. The largest absolute Gasteiger partial charge is 0.349 e. The van der Waals surface area contributed by atoms with Gasteiger partial charge in [-0.3, -0.25) is 9.59 Å². The maximum absolute atomic E-state index is 12.2. The number of carbonyl (C=O) groups excluding carboxylic acids is 2. The van der Waals surface area contributed by atoms with Crippen LogP contribution >= 0.6 is 0 Å². The van der Waals surface area contributed by atoms with Crippen LogP contribution in [-0.4, -0.2) is 33.3 Å². The Morgan fingerprint density at radius 2 is 1.74 bits per heavy atom. The fraction of sp³-hybridized carbons (Fsp3) is 0.263. The van der Waals surface area contributed by atoms with Crippen molar-refractivity contribution in [1.29, 1.82) is 0 Å². The monoisotopic (exact) mass is 389 g/mol. The standard InChI is InChI=1S/C19H23N3O4S/c1-13-9-10-16(12-17(13)27(25,26)20-3)22-18(23)11-14(2)21-19(24)15-7-5-4-6-8-15/h4-10,12,14,20H,11H2,1-3H3,(H,21,24)(H,22,23). The third-order valence-corrected chi connectivity index (χ3v) is 5.49. The van der Waals surface area contributed by atoms with Crippen LogP contribution in [-0.2, 0) is 14.8 Å². The molecule has 0 aromatic heterocycles. The van der Waals surface area contributed by atoms with E-state index in [9.17, 15) is 18.0 Å². The SMILES string of the molecule is CNS(=O)(=O)c1cc(NC(=O)CC(C)NC(=O)c2ccccc2)ccc1C. The van der Waals surface area contributed by atoms with Crippen LogP contribution in [0.15, 0.2) is 53.4 Å². The maximum atomic E-state index is 12.2. The molecule has 1 atom stereocenters. The fourth-order valence-corrected chi connectivity index (χ4v) is 3.51. The first-order valence-corrected chi connectivity index (χ1v) is 9.91. The molecule has 0 spiro atoms. The molecule has 8 heteroatoms. The van der Waals surface area contributed by atoms with Gasteiger partial charge in [-0.25, -0.2) is 13.1 Å². The highest BCUT2D eigenvalue weighted by atomic mass is 32.2. The maximum Gasteiger partial charge on any atom is 0.251 e. The van der Waals surface area contributed by atoms with Crippen molar-refractivity contribution < 1.29 is 18.0 Å². The average Bonchev–Trinajstić information content (AvgIpc) is 2.63. The molecule has 0 aliphatic heterocycles. The molecule has 0 bridgehead atoms. The van der Waals surface area contributed by atoms with Crippen molar-refractivity contribution in [3.63, 3.8) is 0 Å². The van der Waals surface area contributed by atoms with E-state index < -0.39 is 10.0 Å². The van der Waals surface area contributed by atoms with E-state index in [1.807, 2.05) is 6.07 Å². The molecule has 2 aromatic rings. The lowest BCUT2D eigenvalue weighted by Gasteiger charge is -2.15. The lowest BCUT2D eigenvalue weighted by Crippen LogP contribution is -2.35. The summed E-state index contributed by atoms with van der Waals surface area (Å²) in [7, 11) is -2.28. The summed E-state index contributed by atoms with van der Waals surface area (Å²) in [6.45, 7) is 3.41. The molecular formula is C19H23N3O4S. The van der Waals surface area contributed by atoms with Gasteiger partial charge in [0.15, 0.2) is 0 Å². The molecule has 144 valence electrons. The zero-order valence-electron chi connectivity index (χ0n) is 15.4. The number of rotatable bonds is 7. The van der Waals surface area contributed by atoms with Crippen molar-refractivity contribution >= 4 is 27.5 Å². The Kier molecular flexibility index (Phi) is 6.70. The molecule has 0 saturated carbocycles. The Bertz CT molecular complexity index is 927. The first kappa shape index (κ1) is 20.6. The van der Waals surface area contributed by atoms with Gasteiger partial charge < -0.3 is 10.6 Å². The van der Waals surface area contributed by atoms with Crippen LogP contribution in [0.1, 0.15) is 29.3 Å². The minimum Gasteiger partial charge on any atom is -0.349 e. The Morgan fingerprint density at radius 1 is 1.07 bits per heavy atom. The highest BCUT2D eigenvalue weighted by Gasteiger charge is 2.17. The highest BCUT2D eigenvalue weighted by Crippen LogP contribution is 2.20. The Balaban J connectivity index is 1.99. The topological polar surface area (TPSA) is 104 Å². The molecule has 27 heavy (non-hydrogen) atoms. The number of sulfonamides is 1. The van der Waals surface area contributed by atoms with Crippen LogP contribution in [0.3, 0.4) is 0 Å². The number of hydrogen-bond acceptors (Lipinski definition) is 4. The molecule has 2 rings (SSSR count). The summed E-state index contributed by atoms with van der Waals surface area (Å²) in [5, 5.41) is 5.43. The predicted molar refractivity (Wildman–Crippen MR) is 104 cm³/mol. The van der Waals surface area contributed by atoms with Crippen LogP contribution in [0.25, 0.3) is 0 Å². The Morgan fingerprint density at radius 3 is 2.37 bits per heavy atom. The van der Waals surface area contributed by atoms with Gasteiger partial charge in [-0.15, -0.1) is 0 Å². The van der Waals surface area contributed by atoms with Gasteiger partial charge >= 0.3 is 0 Å². The van der Waals surface area contributed by atoms with Crippen LogP contribution in [0, 0.1) is 6.92 Å². The first-order chi connectivity index (χ1) is 12.7. The number of nitrogens with one attached hydrogen (secondary N) is 3. The van der Waals surface area contributed by atoms with Gasteiger partial charge in [0, 0.05) is 23.7 Å². The van der Waals surface area contributed by atoms with E-state index in [0.717, 1.165) is 0 Å². The van der Waals surface area contributed by atoms with Gasteiger partial charge in [0.25, 0.3) is 5.91 Å². The molecule has 2 amide bonds. The third-order valence-electron chi connectivity index (χ3n) is 3.94. The Labute approximate surface area is 159 Å². The summed E-state index contributed by atoms with van der Waals surface area (Å²) in [5.41, 5.74) is 1.47. The van der Waals surface area contributed by atoms with E-state index in [1.54, 1.807) is 50.2 Å². The van der Waals surface area contributed by atoms with Crippen molar-refractivity contribution in [3.05, 3.63) is 59.7 Å². The van der Waals surface area contributed by atoms with Crippen molar-refractivity contribution in [2.45, 2.75) is 31.2 Å². The van der Waals surface area contributed by atoms with Gasteiger partial charge in [-0.05, 0) is 50.7 Å². The Hall–Kier alpha value is -2.71. The van der Waals surface area contributed by atoms with E-state index in [2.05, 4.69) is 15.4 Å². The fourth-order valence-electron chi connectivity index (χ4n) is 2.52. The quantitative estimate of drug-likeness (QED) is 0.674. The molecule has 0 fully saturated rings. The van der Waals surface area contributed by atoms with Crippen LogP contribution < -0.4 is 15.4 Å². The number of anilines is 1. The summed E-state index contributed by atoms with van der Waals surface area (Å²) in [4.78, 5) is 24.4. The summed E-state index contributed by atoms with van der Waals surface area (Å²) in [6.07, 6.45) is 0.0561. The number of aryl methyl sites for hydroxylation is 1. The zero-order valence-corrected chi connectivity index (χ0v) is 16.3. The second-order valence-electron chi connectivity index (χ2n) is 6.18. The van der Waals surface area contributed by atoms with Crippen LogP contribution in [0.2, 0.25) is 0 Å². The molecule has 1 unspecified atom stereocenters. The number of benzene rings is 2. The van der Waals surface area contributed by atoms with Gasteiger partial charge in [-0.1, -0.05) is 24.3 Å². The van der Waals surface area contributed by atoms with E-state index in [-0.39, 0.29) is 29.2 Å². The van der Waals surface area contributed by atoms with Crippen molar-refractivity contribution in [3.8, 4) is 0 Å². The van der Waals surface area contributed by atoms with E-state index in [1.165, 1.54) is 13.1 Å². The van der Waals surface area contributed by atoms with E-state index >= 15 is 0 Å². The molecular weight excluding hydrogens is 366 g/mol.